The Balaban J connectivity index is 2.32. The maximum Gasteiger partial charge on any atom is 0.126 e. The summed E-state index contributed by atoms with van der Waals surface area (Å²) in [5, 5.41) is 9.92. The van der Waals surface area contributed by atoms with Gasteiger partial charge in [0.15, 0.2) is 0 Å². The molecular formula is C18H26FNO. The van der Waals surface area contributed by atoms with Crippen LogP contribution in [0.1, 0.15) is 51.3 Å². The minimum Gasteiger partial charge on any atom is -0.389 e. The second-order valence-electron chi connectivity index (χ2n) is 7.01. The van der Waals surface area contributed by atoms with Crippen LogP contribution in [-0.2, 0) is 0 Å². The molecule has 2 nitrogen and oxygen atoms in total. The summed E-state index contributed by atoms with van der Waals surface area (Å²) in [5.74, 6) is -0.252. The van der Waals surface area contributed by atoms with Crippen molar-refractivity contribution in [2.75, 3.05) is 18.0 Å². The van der Waals surface area contributed by atoms with Gasteiger partial charge in [0.1, 0.15) is 5.82 Å². The predicted molar refractivity (Wildman–Crippen MR) is 86.1 cm³/mol. The van der Waals surface area contributed by atoms with Gasteiger partial charge < -0.3 is 10.0 Å². The Morgan fingerprint density at radius 3 is 2.43 bits per heavy atom. The summed E-state index contributed by atoms with van der Waals surface area (Å²) < 4.78 is 13.8. The summed E-state index contributed by atoms with van der Waals surface area (Å²) in [6.45, 7) is 11.9. The van der Waals surface area contributed by atoms with Gasteiger partial charge in [-0.15, -0.1) is 0 Å². The third-order valence-corrected chi connectivity index (χ3v) is 4.27. The summed E-state index contributed by atoms with van der Waals surface area (Å²) in [7, 11) is 0. The summed E-state index contributed by atoms with van der Waals surface area (Å²) in [4.78, 5) is 2.23. The van der Waals surface area contributed by atoms with Crippen molar-refractivity contribution in [3.63, 3.8) is 0 Å². The van der Waals surface area contributed by atoms with E-state index < -0.39 is 6.10 Å². The van der Waals surface area contributed by atoms with Crippen molar-refractivity contribution >= 4 is 5.69 Å². The van der Waals surface area contributed by atoms with E-state index in [1.165, 1.54) is 11.6 Å². The maximum absolute atomic E-state index is 13.8. The Labute approximate surface area is 127 Å². The fraction of sp³-hybridized carbons (Fsp3) is 0.556. The highest BCUT2D eigenvalue weighted by molar-refractivity contribution is 5.58. The molecule has 1 heterocycles. The van der Waals surface area contributed by atoms with E-state index in [4.69, 9.17) is 0 Å². The van der Waals surface area contributed by atoms with E-state index >= 15 is 0 Å². The molecule has 0 fully saturated rings. The summed E-state index contributed by atoms with van der Waals surface area (Å²) in [6, 6.07) is 3.33. The average molecular weight is 291 g/mol. The van der Waals surface area contributed by atoms with Crippen LogP contribution >= 0.6 is 0 Å². The summed E-state index contributed by atoms with van der Waals surface area (Å²) >= 11 is 0. The van der Waals surface area contributed by atoms with Gasteiger partial charge in [-0.05, 0) is 43.4 Å². The van der Waals surface area contributed by atoms with Gasteiger partial charge in [-0.25, -0.2) is 4.39 Å². The smallest absolute Gasteiger partial charge is 0.126 e. The second kappa shape index (κ2) is 5.80. The highest BCUT2D eigenvalue weighted by Crippen LogP contribution is 2.34. The van der Waals surface area contributed by atoms with E-state index in [2.05, 4.69) is 31.7 Å². The second-order valence-corrected chi connectivity index (χ2v) is 7.01. The maximum atomic E-state index is 13.8. The first-order valence-corrected chi connectivity index (χ1v) is 7.62. The molecule has 1 aliphatic rings. The molecule has 1 atom stereocenters. The molecule has 3 heteroatoms. The zero-order valence-corrected chi connectivity index (χ0v) is 13.7. The number of aryl methyl sites for hydroxylation is 1. The SMILES string of the molecule is Cc1cc(N2CC=C(C(C)(C)C)CC2)c([C@H](C)O)cc1F. The molecule has 0 spiro atoms. The Morgan fingerprint density at radius 1 is 1.29 bits per heavy atom. The van der Waals surface area contributed by atoms with Crippen molar-refractivity contribution in [2.45, 2.75) is 47.1 Å². The molecule has 116 valence electrons. The highest BCUT2D eigenvalue weighted by atomic mass is 19.1. The Bertz CT molecular complexity index is 555. The molecule has 0 amide bonds. The molecular weight excluding hydrogens is 265 g/mol. The number of halogens is 1. The van der Waals surface area contributed by atoms with Crippen molar-refractivity contribution in [1.82, 2.24) is 0 Å². The van der Waals surface area contributed by atoms with Gasteiger partial charge in [0, 0.05) is 24.3 Å². The zero-order chi connectivity index (χ0) is 15.8. The standard InChI is InChI=1S/C18H26FNO/c1-12-10-17(15(13(2)21)11-16(12)19)20-8-6-14(7-9-20)18(3,4)5/h6,10-11,13,21H,7-9H2,1-5H3/t13-/m0/s1. The molecule has 0 unspecified atom stereocenters. The molecule has 1 aromatic carbocycles. The Hall–Kier alpha value is -1.35. The fourth-order valence-electron chi connectivity index (χ4n) is 2.86. The van der Waals surface area contributed by atoms with Gasteiger partial charge >= 0.3 is 0 Å². The van der Waals surface area contributed by atoms with Crippen molar-refractivity contribution < 1.29 is 9.50 Å². The van der Waals surface area contributed by atoms with Gasteiger partial charge in [-0.2, -0.15) is 0 Å². The van der Waals surface area contributed by atoms with Gasteiger partial charge in [-0.1, -0.05) is 32.4 Å². The van der Waals surface area contributed by atoms with E-state index in [1.54, 1.807) is 13.8 Å². The van der Waals surface area contributed by atoms with Crippen molar-refractivity contribution in [3.8, 4) is 0 Å². The minimum atomic E-state index is -0.664. The molecule has 0 aromatic heterocycles. The predicted octanol–water partition coefficient (Wildman–Crippen LogP) is 4.37. The molecule has 1 aliphatic heterocycles. The van der Waals surface area contributed by atoms with Crippen molar-refractivity contribution in [2.24, 2.45) is 5.41 Å². The molecule has 0 saturated carbocycles. The molecule has 2 rings (SSSR count). The third kappa shape index (κ3) is 3.46. The van der Waals surface area contributed by atoms with Crippen LogP contribution in [0.2, 0.25) is 0 Å². The number of rotatable bonds is 2. The summed E-state index contributed by atoms with van der Waals surface area (Å²) in [6.07, 6.45) is 2.62. The first-order chi connectivity index (χ1) is 9.70. The molecule has 0 bridgehead atoms. The first-order valence-electron chi connectivity index (χ1n) is 7.62. The lowest BCUT2D eigenvalue weighted by Crippen LogP contribution is -2.32. The lowest BCUT2D eigenvalue weighted by molar-refractivity contribution is 0.199. The van der Waals surface area contributed by atoms with Crippen LogP contribution in [0.4, 0.5) is 10.1 Å². The van der Waals surface area contributed by atoms with Gasteiger partial charge in [-0.3, -0.25) is 0 Å². The van der Waals surface area contributed by atoms with E-state index in [-0.39, 0.29) is 11.2 Å². The molecule has 1 N–H and O–H groups in total. The van der Waals surface area contributed by atoms with Gasteiger partial charge in [0.2, 0.25) is 0 Å². The number of hydrogen-bond acceptors (Lipinski definition) is 2. The monoisotopic (exact) mass is 291 g/mol. The summed E-state index contributed by atoms with van der Waals surface area (Å²) in [5.41, 5.74) is 3.92. The van der Waals surface area contributed by atoms with E-state index in [0.29, 0.717) is 11.1 Å². The van der Waals surface area contributed by atoms with Crippen LogP contribution in [0, 0.1) is 18.2 Å². The number of hydrogen-bond donors (Lipinski definition) is 1. The number of anilines is 1. The van der Waals surface area contributed by atoms with Gasteiger partial charge in [0.25, 0.3) is 0 Å². The van der Waals surface area contributed by atoms with Crippen LogP contribution in [0.5, 0.6) is 0 Å². The number of benzene rings is 1. The first kappa shape index (κ1) is 16.0. The normalized spacial score (nSPS) is 17.7. The lowest BCUT2D eigenvalue weighted by Gasteiger charge is -2.35. The molecule has 0 radical (unpaired) electrons. The van der Waals surface area contributed by atoms with Gasteiger partial charge in [0.05, 0.1) is 6.10 Å². The number of nitrogens with zero attached hydrogens (tertiary/aromatic N) is 1. The van der Waals surface area contributed by atoms with Crippen molar-refractivity contribution in [3.05, 3.63) is 40.7 Å². The minimum absolute atomic E-state index is 0.206. The third-order valence-electron chi connectivity index (χ3n) is 4.27. The average Bonchev–Trinajstić information content (AvgIpc) is 2.40. The van der Waals surface area contributed by atoms with E-state index in [1.807, 2.05) is 6.07 Å². The zero-order valence-electron chi connectivity index (χ0n) is 13.7. The molecule has 1 aromatic rings. The van der Waals surface area contributed by atoms with Crippen LogP contribution in [0.15, 0.2) is 23.8 Å². The molecule has 0 saturated heterocycles. The highest BCUT2D eigenvalue weighted by Gasteiger charge is 2.23. The topological polar surface area (TPSA) is 23.5 Å². The molecule has 21 heavy (non-hydrogen) atoms. The van der Waals surface area contributed by atoms with Crippen LogP contribution in [0.25, 0.3) is 0 Å². The number of aliphatic hydroxyl groups excluding tert-OH is 1. The Morgan fingerprint density at radius 2 is 1.95 bits per heavy atom. The quantitative estimate of drug-likeness (QED) is 0.818. The largest absolute Gasteiger partial charge is 0.389 e. The Kier molecular flexibility index (Phi) is 4.43. The number of aliphatic hydroxyl groups is 1. The fourth-order valence-corrected chi connectivity index (χ4v) is 2.86. The van der Waals surface area contributed by atoms with Crippen molar-refractivity contribution in [1.29, 1.82) is 0 Å². The van der Waals surface area contributed by atoms with Crippen LogP contribution in [0.3, 0.4) is 0 Å². The van der Waals surface area contributed by atoms with E-state index in [0.717, 1.165) is 25.2 Å². The van der Waals surface area contributed by atoms with Crippen LogP contribution < -0.4 is 4.90 Å². The lowest BCUT2D eigenvalue weighted by atomic mass is 9.83. The van der Waals surface area contributed by atoms with Crippen LogP contribution in [-0.4, -0.2) is 18.2 Å². The van der Waals surface area contributed by atoms with E-state index in [9.17, 15) is 9.50 Å². The molecule has 0 aliphatic carbocycles.